The fourth-order valence-corrected chi connectivity index (χ4v) is 6.23. The van der Waals surface area contributed by atoms with Gasteiger partial charge >= 0.3 is 5.97 Å². The van der Waals surface area contributed by atoms with E-state index in [1.165, 1.54) is 42.5 Å². The van der Waals surface area contributed by atoms with Crippen LogP contribution >= 0.6 is 23.2 Å². The summed E-state index contributed by atoms with van der Waals surface area (Å²) >= 11 is 12.2. The van der Waals surface area contributed by atoms with E-state index in [1.54, 1.807) is 24.3 Å². The number of allylic oxidation sites excluding steroid dienone is 2. The molecule has 8 nitrogen and oxygen atoms in total. The number of hydrazine groups is 1. The molecule has 0 unspecified atom stereocenters. The summed E-state index contributed by atoms with van der Waals surface area (Å²) in [5.41, 5.74) is 1.64. The van der Waals surface area contributed by atoms with Crippen LogP contribution in [0.1, 0.15) is 43.1 Å². The lowest BCUT2D eigenvalue weighted by Gasteiger charge is -2.31. The Labute approximate surface area is 251 Å². The van der Waals surface area contributed by atoms with E-state index in [4.69, 9.17) is 27.9 Å². The number of hydrogen-bond donors (Lipinski definition) is 0. The highest BCUT2D eigenvalue weighted by Crippen LogP contribution is 2.52. The van der Waals surface area contributed by atoms with E-state index in [-0.39, 0.29) is 38.8 Å². The van der Waals surface area contributed by atoms with E-state index in [9.17, 15) is 24.0 Å². The number of benzene rings is 3. The molecule has 3 amide bonds. The van der Waals surface area contributed by atoms with Gasteiger partial charge in [0.1, 0.15) is 12.3 Å². The van der Waals surface area contributed by atoms with Gasteiger partial charge in [-0.05, 0) is 79.8 Å². The first kappa shape index (κ1) is 27.9. The third kappa shape index (κ3) is 4.91. The summed E-state index contributed by atoms with van der Waals surface area (Å²) in [7, 11) is 0. The highest BCUT2D eigenvalue weighted by Gasteiger charge is 2.61. The maximum absolute atomic E-state index is 13.7. The third-order valence-corrected chi connectivity index (χ3v) is 8.80. The maximum atomic E-state index is 13.7. The minimum Gasteiger partial charge on any atom is -0.423 e. The Hall–Kier alpha value is -4.27. The topological polar surface area (TPSA) is 101 Å². The van der Waals surface area contributed by atoms with Crippen LogP contribution in [0, 0.1) is 30.6 Å². The molecule has 3 aromatic rings. The molecule has 2 aliphatic carbocycles. The number of esters is 1. The average molecular weight is 603 g/mol. The minimum absolute atomic E-state index is 0.0642. The Kier molecular flexibility index (Phi) is 7.20. The van der Waals surface area contributed by atoms with Crippen molar-refractivity contribution in [2.24, 2.45) is 23.7 Å². The van der Waals surface area contributed by atoms with Crippen molar-refractivity contribution in [2.45, 2.75) is 13.3 Å². The first-order valence-corrected chi connectivity index (χ1v) is 14.1. The Bertz CT molecular complexity index is 1640. The Morgan fingerprint density at radius 3 is 1.98 bits per heavy atom. The van der Waals surface area contributed by atoms with Crippen molar-refractivity contribution in [2.75, 3.05) is 6.54 Å². The van der Waals surface area contributed by atoms with Crippen molar-refractivity contribution in [1.82, 2.24) is 10.0 Å². The number of rotatable bonds is 7. The second-order valence-electron chi connectivity index (χ2n) is 10.7. The average Bonchev–Trinajstić information content (AvgIpc) is 3.67. The number of aryl methyl sites for hydroxylation is 1. The zero-order valence-corrected chi connectivity index (χ0v) is 23.8. The largest absolute Gasteiger partial charge is 0.423 e. The quantitative estimate of drug-likeness (QED) is 0.115. The Morgan fingerprint density at radius 2 is 1.38 bits per heavy atom. The van der Waals surface area contributed by atoms with Gasteiger partial charge in [0.05, 0.1) is 27.4 Å². The molecule has 212 valence electrons. The lowest BCUT2D eigenvalue weighted by atomic mass is 9.85. The molecule has 6 rings (SSSR count). The number of halogens is 2. The molecule has 2 fully saturated rings. The molecule has 1 saturated carbocycles. The molecule has 2 bridgehead atoms. The molecular formula is C32H24Cl2N2O6. The number of carbonyl (C=O) groups is 5. The number of ketones is 1. The summed E-state index contributed by atoms with van der Waals surface area (Å²) in [6.07, 6.45) is 4.62. The standard InChI is InChI=1S/C32H24Cl2N2O6/c1-17-2-4-19(5-3-17)32(41)42-23-11-8-18(9-12-23)26(37)16-35(29(38)22-10-13-24(33)25(34)15-22)36-30(39)27-20-6-7-21(14-20)28(27)31(36)40/h2-13,15,20-21,27-28H,14,16H2,1H3/t20-,21-,27-,28-/m0/s1. The predicted octanol–water partition coefficient (Wildman–Crippen LogP) is 5.57. The highest BCUT2D eigenvalue weighted by molar-refractivity contribution is 6.42. The first-order valence-electron chi connectivity index (χ1n) is 13.4. The van der Waals surface area contributed by atoms with Crippen molar-refractivity contribution < 1.29 is 28.7 Å². The highest BCUT2D eigenvalue weighted by atomic mass is 35.5. The van der Waals surface area contributed by atoms with Crippen LogP contribution in [0.5, 0.6) is 5.75 Å². The van der Waals surface area contributed by atoms with Crippen LogP contribution in [-0.2, 0) is 9.59 Å². The molecule has 42 heavy (non-hydrogen) atoms. The summed E-state index contributed by atoms with van der Waals surface area (Å²) in [4.78, 5) is 66.8. The van der Waals surface area contributed by atoms with Gasteiger partial charge in [-0.3, -0.25) is 19.2 Å². The number of nitrogens with zero attached hydrogens (tertiary/aromatic N) is 2. The maximum Gasteiger partial charge on any atom is 0.343 e. The lowest BCUT2D eigenvalue weighted by molar-refractivity contribution is -0.154. The van der Waals surface area contributed by atoms with Crippen molar-refractivity contribution in [3.8, 4) is 5.75 Å². The summed E-state index contributed by atoms with van der Waals surface area (Å²) in [6, 6.07) is 16.9. The molecule has 4 atom stereocenters. The van der Waals surface area contributed by atoms with Crippen LogP contribution < -0.4 is 4.74 Å². The van der Waals surface area contributed by atoms with Crippen molar-refractivity contribution in [1.29, 1.82) is 0 Å². The van der Waals surface area contributed by atoms with Crippen molar-refractivity contribution >= 4 is 52.7 Å². The van der Waals surface area contributed by atoms with Crippen LogP contribution in [0.25, 0.3) is 0 Å². The molecule has 0 aromatic heterocycles. The van der Waals surface area contributed by atoms with E-state index in [0.717, 1.165) is 22.0 Å². The number of Topliss-reactive ketones (excluding diaryl/α,β-unsaturated/α-hetero) is 1. The van der Waals surface area contributed by atoms with Gasteiger partial charge in [0.2, 0.25) is 0 Å². The summed E-state index contributed by atoms with van der Waals surface area (Å²) in [6.45, 7) is 1.33. The number of ether oxygens (including phenoxy) is 1. The van der Waals surface area contributed by atoms with Gasteiger partial charge < -0.3 is 4.74 Å². The van der Waals surface area contributed by atoms with Gasteiger partial charge in [0.15, 0.2) is 5.78 Å². The van der Waals surface area contributed by atoms with E-state index in [0.29, 0.717) is 5.56 Å². The number of hydrogen-bond acceptors (Lipinski definition) is 6. The van der Waals surface area contributed by atoms with Crippen LogP contribution in [0.15, 0.2) is 78.9 Å². The molecule has 1 aliphatic heterocycles. The zero-order valence-electron chi connectivity index (χ0n) is 22.3. The van der Waals surface area contributed by atoms with Crippen molar-refractivity contribution in [3.63, 3.8) is 0 Å². The number of fused-ring (bicyclic) bond motifs is 5. The second kappa shape index (κ2) is 10.9. The Balaban J connectivity index is 1.24. The predicted molar refractivity (Wildman–Crippen MR) is 154 cm³/mol. The fraction of sp³-hybridized carbons (Fsp3) is 0.219. The fourth-order valence-electron chi connectivity index (χ4n) is 5.93. The lowest BCUT2D eigenvalue weighted by Crippen LogP contribution is -2.52. The van der Waals surface area contributed by atoms with Gasteiger partial charge in [-0.1, -0.05) is 53.1 Å². The van der Waals surface area contributed by atoms with Crippen LogP contribution in [-0.4, -0.2) is 46.0 Å². The monoisotopic (exact) mass is 602 g/mol. The summed E-state index contributed by atoms with van der Waals surface area (Å²) < 4.78 is 5.41. The third-order valence-electron chi connectivity index (χ3n) is 8.06. The molecule has 3 aliphatic rings. The molecule has 1 saturated heterocycles. The molecule has 0 spiro atoms. The normalized spacial score (nSPS) is 21.9. The van der Waals surface area contributed by atoms with Gasteiger partial charge in [-0.15, -0.1) is 0 Å². The molecular weight excluding hydrogens is 579 g/mol. The van der Waals surface area contributed by atoms with E-state index in [2.05, 4.69) is 0 Å². The van der Waals surface area contributed by atoms with Gasteiger partial charge in [0.25, 0.3) is 17.7 Å². The van der Waals surface area contributed by atoms with Crippen LogP contribution in [0.4, 0.5) is 0 Å². The smallest absolute Gasteiger partial charge is 0.343 e. The molecule has 1 heterocycles. The number of amides is 3. The van der Waals surface area contributed by atoms with E-state index >= 15 is 0 Å². The zero-order chi connectivity index (χ0) is 29.7. The van der Waals surface area contributed by atoms with Crippen LogP contribution in [0.2, 0.25) is 10.0 Å². The van der Waals surface area contributed by atoms with E-state index in [1.807, 2.05) is 19.1 Å². The van der Waals surface area contributed by atoms with Crippen LogP contribution in [0.3, 0.4) is 0 Å². The summed E-state index contributed by atoms with van der Waals surface area (Å²) in [5.74, 6) is -3.87. The van der Waals surface area contributed by atoms with E-state index < -0.39 is 47.9 Å². The SMILES string of the molecule is Cc1ccc(C(=O)Oc2ccc(C(=O)CN(C(=O)c3ccc(Cl)c(Cl)c3)N3C(=O)[C@@H]4[C@@H](C3=O)[C@H]3C=C[C@H]4C3)cc2)cc1. The molecule has 0 radical (unpaired) electrons. The van der Waals surface area contributed by atoms with Gasteiger partial charge in [0, 0.05) is 11.1 Å². The number of imide groups is 1. The first-order chi connectivity index (χ1) is 20.1. The number of carbonyl (C=O) groups excluding carboxylic acids is 5. The molecule has 0 N–H and O–H groups in total. The minimum atomic E-state index is -0.743. The van der Waals surface area contributed by atoms with Gasteiger partial charge in [-0.25, -0.2) is 9.80 Å². The van der Waals surface area contributed by atoms with Gasteiger partial charge in [-0.2, -0.15) is 5.01 Å². The molecule has 10 heteroatoms. The second-order valence-corrected chi connectivity index (χ2v) is 11.5. The summed E-state index contributed by atoms with van der Waals surface area (Å²) in [5, 5.41) is 2.07. The Morgan fingerprint density at radius 1 is 0.810 bits per heavy atom. The van der Waals surface area contributed by atoms with Crippen molar-refractivity contribution in [3.05, 3.63) is 111 Å². The molecule has 3 aromatic carbocycles.